The van der Waals surface area contributed by atoms with Crippen molar-refractivity contribution in [1.29, 1.82) is 0 Å². The van der Waals surface area contributed by atoms with Gasteiger partial charge in [0.25, 0.3) is 0 Å². The molecule has 0 aliphatic carbocycles. The number of aromatic nitrogens is 4. The first-order valence-electron chi connectivity index (χ1n) is 8.44. The zero-order valence-corrected chi connectivity index (χ0v) is 15.1. The normalized spacial score (nSPS) is 10.8. The maximum Gasteiger partial charge on any atom is 0.471 e. The molecule has 4 aromatic rings. The quantitative estimate of drug-likeness (QED) is 0.399. The van der Waals surface area contributed by atoms with Crippen LogP contribution in [0.3, 0.4) is 0 Å². The number of rotatable bonds is 5. The highest BCUT2D eigenvalue weighted by molar-refractivity contribution is 6.05. The SMILES string of the molecule is COc1ccc(-c2ccccc2)c2c(Nc3cc(C)[nH]n3)nc([N+](=O)[O-])nc12. The molecule has 9 heteroatoms. The minimum absolute atomic E-state index is 0.279. The standard InChI is InChI=1S/C19H16N6O3/c1-11-10-15(24-23-11)20-18-16-13(12-6-4-3-5-7-12)8-9-14(28-2)17(16)21-19(22-18)25(26)27/h3-10H,1-2H3,(H2,20,21,22,23,24). The number of ether oxygens (including phenoxy) is 1. The van der Waals surface area contributed by atoms with Crippen LogP contribution in [0.25, 0.3) is 22.0 Å². The summed E-state index contributed by atoms with van der Waals surface area (Å²) in [6.07, 6.45) is 0. The molecule has 140 valence electrons. The van der Waals surface area contributed by atoms with E-state index < -0.39 is 10.9 Å². The Balaban J connectivity index is 2.04. The fourth-order valence-corrected chi connectivity index (χ4v) is 3.00. The van der Waals surface area contributed by atoms with Gasteiger partial charge in [-0.1, -0.05) is 35.3 Å². The molecule has 0 amide bonds. The third kappa shape index (κ3) is 3.09. The lowest BCUT2D eigenvalue weighted by atomic mass is 10.0. The van der Waals surface area contributed by atoms with Gasteiger partial charge in [-0.3, -0.25) is 5.10 Å². The molecule has 0 bridgehead atoms. The Morgan fingerprint density at radius 3 is 2.57 bits per heavy atom. The summed E-state index contributed by atoms with van der Waals surface area (Å²) in [6.45, 7) is 1.86. The summed E-state index contributed by atoms with van der Waals surface area (Å²) in [5, 5.41) is 22.0. The number of anilines is 2. The van der Waals surface area contributed by atoms with E-state index in [1.54, 1.807) is 12.1 Å². The van der Waals surface area contributed by atoms with Crippen LogP contribution in [0.1, 0.15) is 5.69 Å². The molecular formula is C19H16N6O3. The van der Waals surface area contributed by atoms with Gasteiger partial charge in [0.1, 0.15) is 0 Å². The molecule has 0 atom stereocenters. The van der Waals surface area contributed by atoms with Crippen LogP contribution in [0.15, 0.2) is 48.5 Å². The number of hydrogen-bond donors (Lipinski definition) is 2. The molecule has 0 aliphatic rings. The van der Waals surface area contributed by atoms with E-state index in [0.717, 1.165) is 16.8 Å². The van der Waals surface area contributed by atoms with E-state index in [1.807, 2.05) is 43.3 Å². The zero-order valence-electron chi connectivity index (χ0n) is 15.1. The van der Waals surface area contributed by atoms with Crippen LogP contribution in [0, 0.1) is 17.0 Å². The van der Waals surface area contributed by atoms with Crippen molar-refractivity contribution >= 4 is 28.5 Å². The number of H-pyrrole nitrogens is 1. The minimum atomic E-state index is -0.630. The van der Waals surface area contributed by atoms with Gasteiger partial charge in [0.15, 0.2) is 17.1 Å². The van der Waals surface area contributed by atoms with Gasteiger partial charge in [0.2, 0.25) is 5.82 Å². The van der Waals surface area contributed by atoms with E-state index in [1.165, 1.54) is 7.11 Å². The summed E-state index contributed by atoms with van der Waals surface area (Å²) in [5.74, 6) is 0.668. The number of aromatic amines is 1. The Morgan fingerprint density at radius 1 is 1.14 bits per heavy atom. The zero-order chi connectivity index (χ0) is 19.7. The average Bonchev–Trinajstić information content (AvgIpc) is 3.12. The van der Waals surface area contributed by atoms with Gasteiger partial charge in [0, 0.05) is 11.8 Å². The number of aryl methyl sites for hydroxylation is 1. The number of fused-ring (bicyclic) bond motifs is 1. The van der Waals surface area contributed by atoms with Crippen molar-refractivity contribution in [3.05, 3.63) is 64.3 Å². The van der Waals surface area contributed by atoms with Gasteiger partial charge in [-0.2, -0.15) is 5.10 Å². The molecule has 0 aliphatic heterocycles. The van der Waals surface area contributed by atoms with Crippen LogP contribution in [0.4, 0.5) is 17.6 Å². The van der Waals surface area contributed by atoms with Crippen molar-refractivity contribution in [3.63, 3.8) is 0 Å². The summed E-state index contributed by atoms with van der Waals surface area (Å²) >= 11 is 0. The van der Waals surface area contributed by atoms with Crippen molar-refractivity contribution < 1.29 is 9.66 Å². The third-order valence-electron chi connectivity index (χ3n) is 4.22. The first kappa shape index (κ1) is 17.4. The molecule has 0 saturated carbocycles. The van der Waals surface area contributed by atoms with E-state index >= 15 is 0 Å². The molecule has 2 N–H and O–H groups in total. The summed E-state index contributed by atoms with van der Waals surface area (Å²) in [7, 11) is 1.50. The topological polar surface area (TPSA) is 119 Å². The second-order valence-electron chi connectivity index (χ2n) is 6.10. The molecule has 2 aromatic heterocycles. The maximum absolute atomic E-state index is 11.4. The molecule has 2 heterocycles. The summed E-state index contributed by atoms with van der Waals surface area (Å²) in [4.78, 5) is 19.0. The number of nitrogens with zero attached hydrogens (tertiary/aromatic N) is 4. The van der Waals surface area contributed by atoms with Crippen LogP contribution < -0.4 is 10.1 Å². The lowest BCUT2D eigenvalue weighted by Crippen LogP contribution is -2.04. The summed E-state index contributed by atoms with van der Waals surface area (Å²) in [5.41, 5.74) is 2.94. The van der Waals surface area contributed by atoms with E-state index in [0.29, 0.717) is 22.5 Å². The van der Waals surface area contributed by atoms with E-state index in [9.17, 15) is 10.1 Å². The maximum atomic E-state index is 11.4. The number of methoxy groups -OCH3 is 1. The van der Waals surface area contributed by atoms with Crippen molar-refractivity contribution in [2.45, 2.75) is 6.92 Å². The fraction of sp³-hybridized carbons (Fsp3) is 0.105. The van der Waals surface area contributed by atoms with E-state index in [-0.39, 0.29) is 5.82 Å². The lowest BCUT2D eigenvalue weighted by molar-refractivity contribution is -0.394. The number of hydrogen-bond acceptors (Lipinski definition) is 7. The lowest BCUT2D eigenvalue weighted by Gasteiger charge is -2.11. The average molecular weight is 376 g/mol. The van der Waals surface area contributed by atoms with Gasteiger partial charge in [-0.15, -0.1) is 0 Å². The van der Waals surface area contributed by atoms with Crippen LogP contribution in [-0.4, -0.2) is 32.2 Å². The Morgan fingerprint density at radius 2 is 1.93 bits per heavy atom. The van der Waals surface area contributed by atoms with Gasteiger partial charge in [0.05, 0.1) is 12.5 Å². The molecule has 4 rings (SSSR count). The van der Waals surface area contributed by atoms with Crippen LogP contribution in [-0.2, 0) is 0 Å². The molecule has 0 saturated heterocycles. The molecule has 2 aromatic carbocycles. The molecule has 0 radical (unpaired) electrons. The monoisotopic (exact) mass is 376 g/mol. The van der Waals surface area contributed by atoms with Gasteiger partial charge in [-0.05, 0) is 40.1 Å². The van der Waals surface area contributed by atoms with Crippen LogP contribution in [0.2, 0.25) is 0 Å². The molecule has 9 nitrogen and oxygen atoms in total. The summed E-state index contributed by atoms with van der Waals surface area (Å²) < 4.78 is 5.40. The molecule has 0 unspecified atom stereocenters. The van der Waals surface area contributed by atoms with Crippen molar-refractivity contribution in [2.24, 2.45) is 0 Å². The predicted molar refractivity (Wildman–Crippen MR) is 105 cm³/mol. The number of benzene rings is 2. The fourth-order valence-electron chi connectivity index (χ4n) is 3.00. The second-order valence-corrected chi connectivity index (χ2v) is 6.10. The number of nitro groups is 1. The highest BCUT2D eigenvalue weighted by Gasteiger charge is 2.24. The highest BCUT2D eigenvalue weighted by Crippen LogP contribution is 2.38. The Kier molecular flexibility index (Phi) is 4.32. The predicted octanol–water partition coefficient (Wildman–Crippen LogP) is 3.99. The molecule has 0 spiro atoms. The number of nitrogens with one attached hydrogen (secondary N) is 2. The third-order valence-corrected chi connectivity index (χ3v) is 4.22. The minimum Gasteiger partial charge on any atom is -0.493 e. The molecule has 28 heavy (non-hydrogen) atoms. The van der Waals surface area contributed by atoms with Crippen LogP contribution >= 0.6 is 0 Å². The first-order chi connectivity index (χ1) is 13.6. The van der Waals surface area contributed by atoms with E-state index in [4.69, 9.17) is 4.74 Å². The molecular weight excluding hydrogens is 360 g/mol. The summed E-state index contributed by atoms with van der Waals surface area (Å²) in [6, 6.07) is 15.1. The van der Waals surface area contributed by atoms with Gasteiger partial charge >= 0.3 is 5.95 Å². The van der Waals surface area contributed by atoms with Gasteiger partial charge < -0.3 is 20.2 Å². The first-order valence-corrected chi connectivity index (χ1v) is 8.44. The van der Waals surface area contributed by atoms with Crippen LogP contribution in [0.5, 0.6) is 5.75 Å². The van der Waals surface area contributed by atoms with Gasteiger partial charge in [-0.25, -0.2) is 0 Å². The van der Waals surface area contributed by atoms with Crippen molar-refractivity contribution in [2.75, 3.05) is 12.4 Å². The Bertz CT molecular complexity index is 1170. The van der Waals surface area contributed by atoms with E-state index in [2.05, 4.69) is 25.5 Å². The van der Waals surface area contributed by atoms with Crippen molar-refractivity contribution in [3.8, 4) is 16.9 Å². The smallest absolute Gasteiger partial charge is 0.471 e. The second kappa shape index (κ2) is 6.95. The molecule has 0 fully saturated rings. The van der Waals surface area contributed by atoms with Crippen molar-refractivity contribution in [1.82, 2.24) is 20.2 Å². The Hall–Kier alpha value is -4.01. The largest absolute Gasteiger partial charge is 0.493 e. The highest BCUT2D eigenvalue weighted by atomic mass is 16.6. The Labute approximate surface area is 159 Å².